The molecule has 0 aliphatic carbocycles. The summed E-state index contributed by atoms with van der Waals surface area (Å²) in [4.78, 5) is 32.0. The number of likely N-dealkylation sites (tertiary alicyclic amines) is 2. The van der Waals surface area contributed by atoms with Crippen LogP contribution in [-0.2, 0) is 9.53 Å². The first-order valence-electron chi connectivity index (χ1n) is 8.44. The van der Waals surface area contributed by atoms with Crippen molar-refractivity contribution in [3.8, 4) is 0 Å². The summed E-state index contributed by atoms with van der Waals surface area (Å²) in [5.41, 5.74) is 1.44. The highest BCUT2D eigenvalue weighted by molar-refractivity contribution is 5.96. The molecular weight excluding hydrogens is 324 g/mol. The molecule has 3 aliphatic rings. The second-order valence-electron chi connectivity index (χ2n) is 7.43. The van der Waals surface area contributed by atoms with Gasteiger partial charge in [0.2, 0.25) is 0 Å². The third kappa shape index (κ3) is 3.53. The van der Waals surface area contributed by atoms with E-state index in [1.165, 1.54) is 6.20 Å². The van der Waals surface area contributed by atoms with Crippen LogP contribution in [0.2, 0.25) is 0 Å². The Labute approximate surface area is 146 Å². The molecule has 136 valence electrons. The number of allylic oxidation sites excluding steroid dienone is 1. The Kier molecular flexibility index (Phi) is 4.55. The molecule has 2 amide bonds. The fourth-order valence-electron chi connectivity index (χ4n) is 3.17. The zero-order valence-corrected chi connectivity index (χ0v) is 14.7. The summed E-state index contributed by atoms with van der Waals surface area (Å²) in [6, 6.07) is 0.431. The topological polar surface area (TPSA) is 94.5 Å². The SMILES string of the molecule is CC(C)(C)OC(=O)N1CC2C1CN2C1=N/C=C(C(=O)NO)\C=C/CC1. The minimum absolute atomic E-state index is 0.169. The van der Waals surface area contributed by atoms with Gasteiger partial charge in [-0.1, -0.05) is 12.2 Å². The predicted octanol–water partition coefficient (Wildman–Crippen LogP) is 1.43. The van der Waals surface area contributed by atoms with Crippen molar-refractivity contribution in [2.45, 2.75) is 51.3 Å². The summed E-state index contributed by atoms with van der Waals surface area (Å²) in [6.07, 6.45) is 6.28. The van der Waals surface area contributed by atoms with E-state index in [-0.39, 0.29) is 18.2 Å². The highest BCUT2D eigenvalue weighted by Crippen LogP contribution is 2.35. The number of nitrogens with zero attached hydrogens (tertiary/aromatic N) is 3. The van der Waals surface area contributed by atoms with Crippen LogP contribution in [0.5, 0.6) is 0 Å². The van der Waals surface area contributed by atoms with Crippen LogP contribution in [0.15, 0.2) is 28.9 Å². The number of amidine groups is 1. The van der Waals surface area contributed by atoms with Crippen molar-refractivity contribution in [2.24, 2.45) is 4.99 Å². The van der Waals surface area contributed by atoms with Gasteiger partial charge < -0.3 is 9.64 Å². The number of fused-ring (bicyclic) bond motifs is 1. The molecule has 2 fully saturated rings. The molecule has 0 radical (unpaired) electrons. The molecule has 3 heterocycles. The van der Waals surface area contributed by atoms with Gasteiger partial charge in [-0.25, -0.2) is 15.3 Å². The van der Waals surface area contributed by atoms with Crippen LogP contribution in [0, 0.1) is 0 Å². The Balaban J connectivity index is 1.61. The number of hydroxylamine groups is 1. The van der Waals surface area contributed by atoms with Gasteiger partial charge in [0, 0.05) is 25.7 Å². The smallest absolute Gasteiger partial charge is 0.410 e. The highest BCUT2D eigenvalue weighted by Gasteiger charge is 2.55. The molecule has 0 aromatic rings. The van der Waals surface area contributed by atoms with Crippen molar-refractivity contribution >= 4 is 17.8 Å². The van der Waals surface area contributed by atoms with E-state index in [1.54, 1.807) is 16.5 Å². The summed E-state index contributed by atoms with van der Waals surface area (Å²) in [6.45, 7) is 6.93. The molecule has 2 unspecified atom stereocenters. The number of aliphatic imine (C=N–C) groups is 1. The van der Waals surface area contributed by atoms with Gasteiger partial charge in [0.25, 0.3) is 5.91 Å². The average Bonchev–Trinajstić information content (AvgIpc) is 2.48. The van der Waals surface area contributed by atoms with Gasteiger partial charge in [-0.3, -0.25) is 14.9 Å². The summed E-state index contributed by atoms with van der Waals surface area (Å²) in [7, 11) is 0. The quantitative estimate of drug-likeness (QED) is 0.552. The molecule has 2 atom stereocenters. The zero-order chi connectivity index (χ0) is 18.2. The molecule has 8 nitrogen and oxygen atoms in total. The predicted molar refractivity (Wildman–Crippen MR) is 91.0 cm³/mol. The maximum absolute atomic E-state index is 12.1. The van der Waals surface area contributed by atoms with Gasteiger partial charge in [0.15, 0.2) is 0 Å². The number of ether oxygens (including phenoxy) is 1. The van der Waals surface area contributed by atoms with E-state index in [0.29, 0.717) is 12.1 Å². The van der Waals surface area contributed by atoms with E-state index < -0.39 is 11.5 Å². The van der Waals surface area contributed by atoms with Crippen LogP contribution in [0.25, 0.3) is 0 Å². The fraction of sp³-hybridized carbons (Fsp3) is 0.588. The van der Waals surface area contributed by atoms with E-state index in [9.17, 15) is 9.59 Å². The van der Waals surface area contributed by atoms with Crippen molar-refractivity contribution in [1.82, 2.24) is 15.3 Å². The van der Waals surface area contributed by atoms with Gasteiger partial charge in [-0.15, -0.1) is 0 Å². The average molecular weight is 348 g/mol. The molecule has 2 saturated heterocycles. The maximum atomic E-state index is 12.1. The third-order valence-corrected chi connectivity index (χ3v) is 4.52. The number of nitrogens with one attached hydrogen (secondary N) is 1. The number of piperazine rings is 1. The molecule has 0 bridgehead atoms. The van der Waals surface area contributed by atoms with E-state index in [2.05, 4.69) is 9.89 Å². The van der Waals surface area contributed by atoms with E-state index in [1.807, 2.05) is 26.8 Å². The van der Waals surface area contributed by atoms with Crippen molar-refractivity contribution in [3.63, 3.8) is 0 Å². The summed E-state index contributed by atoms with van der Waals surface area (Å²) >= 11 is 0. The van der Waals surface area contributed by atoms with Crippen molar-refractivity contribution in [1.29, 1.82) is 0 Å². The molecule has 3 aliphatic heterocycles. The summed E-state index contributed by atoms with van der Waals surface area (Å²) in [5.74, 6) is 0.320. The van der Waals surface area contributed by atoms with E-state index >= 15 is 0 Å². The van der Waals surface area contributed by atoms with E-state index in [4.69, 9.17) is 9.94 Å². The Morgan fingerprint density at radius 2 is 2.08 bits per heavy atom. The molecular formula is C17H24N4O4. The lowest BCUT2D eigenvalue weighted by Gasteiger charge is -2.62. The first-order chi connectivity index (χ1) is 11.8. The van der Waals surface area contributed by atoms with Crippen LogP contribution < -0.4 is 5.48 Å². The van der Waals surface area contributed by atoms with Gasteiger partial charge in [-0.2, -0.15) is 0 Å². The second-order valence-corrected chi connectivity index (χ2v) is 7.43. The first-order valence-corrected chi connectivity index (χ1v) is 8.44. The Bertz CT molecular complexity index is 662. The first kappa shape index (κ1) is 17.5. The summed E-state index contributed by atoms with van der Waals surface area (Å²) < 4.78 is 5.42. The van der Waals surface area contributed by atoms with Gasteiger partial charge in [0.05, 0.1) is 17.7 Å². The highest BCUT2D eigenvalue weighted by atomic mass is 16.6. The lowest BCUT2D eigenvalue weighted by molar-refractivity contribution is -0.124. The molecule has 0 spiro atoms. The van der Waals surface area contributed by atoms with Crippen LogP contribution in [-0.4, -0.2) is 63.6 Å². The third-order valence-electron chi connectivity index (χ3n) is 4.52. The van der Waals surface area contributed by atoms with E-state index in [0.717, 1.165) is 25.2 Å². The fourth-order valence-corrected chi connectivity index (χ4v) is 3.17. The molecule has 0 aromatic heterocycles. The normalized spacial score (nSPS) is 28.8. The minimum atomic E-state index is -0.581. The number of hydrogen-bond donors (Lipinski definition) is 2. The van der Waals surface area contributed by atoms with Gasteiger partial charge in [0.1, 0.15) is 11.4 Å². The van der Waals surface area contributed by atoms with Crippen molar-refractivity contribution in [2.75, 3.05) is 13.1 Å². The molecule has 25 heavy (non-hydrogen) atoms. The molecule has 0 aromatic carbocycles. The number of carbonyl (C=O) groups is 2. The van der Waals surface area contributed by atoms with Crippen LogP contribution in [0.3, 0.4) is 0 Å². The van der Waals surface area contributed by atoms with Crippen molar-refractivity contribution in [3.05, 3.63) is 23.9 Å². The zero-order valence-electron chi connectivity index (χ0n) is 14.7. The largest absolute Gasteiger partial charge is 0.444 e. The Morgan fingerprint density at radius 3 is 2.68 bits per heavy atom. The lowest BCUT2D eigenvalue weighted by Crippen LogP contribution is -2.80. The molecule has 0 saturated carbocycles. The molecule has 3 rings (SSSR count). The van der Waals surface area contributed by atoms with Gasteiger partial charge >= 0.3 is 6.09 Å². The number of amides is 2. The number of rotatable bonds is 1. The Hall–Kier alpha value is -2.35. The monoisotopic (exact) mass is 348 g/mol. The molecule has 2 N–H and O–H groups in total. The van der Waals surface area contributed by atoms with Gasteiger partial charge in [-0.05, 0) is 27.2 Å². The summed E-state index contributed by atoms with van der Waals surface area (Å²) in [5, 5.41) is 8.75. The minimum Gasteiger partial charge on any atom is -0.444 e. The number of carbonyl (C=O) groups excluding carboxylic acids is 2. The number of hydrogen-bond acceptors (Lipinski definition) is 6. The Morgan fingerprint density at radius 1 is 1.32 bits per heavy atom. The lowest BCUT2D eigenvalue weighted by atomic mass is 9.85. The van der Waals surface area contributed by atoms with Crippen LogP contribution >= 0.6 is 0 Å². The second kappa shape index (κ2) is 6.51. The van der Waals surface area contributed by atoms with Crippen LogP contribution in [0.1, 0.15) is 33.6 Å². The standard InChI is InChI=1S/C17H24N4O4/c1-17(2,3)25-16(23)21-10-12-13(21)9-20(12)14-7-5-4-6-11(8-18-14)15(22)19-24/h4,6,8,12-13,24H,5,7,9-10H2,1-3H3,(H,19,22)/b6-4-,11-8+,18-14?. The van der Waals surface area contributed by atoms with Crippen molar-refractivity contribution < 1.29 is 19.5 Å². The molecule has 8 heteroatoms. The van der Waals surface area contributed by atoms with Crippen LogP contribution in [0.4, 0.5) is 4.79 Å². The maximum Gasteiger partial charge on any atom is 0.410 e.